The number of nitrogens with one attached hydrogen (secondary N) is 2. The van der Waals surface area contributed by atoms with Crippen LogP contribution in [0.2, 0.25) is 5.15 Å². The van der Waals surface area contributed by atoms with E-state index in [1.165, 1.54) is 24.0 Å². The summed E-state index contributed by atoms with van der Waals surface area (Å²) in [6, 6.07) is 7.65. The molecule has 0 spiro atoms. The number of nitrogens with zero attached hydrogens (tertiary/aromatic N) is 2. The van der Waals surface area contributed by atoms with Gasteiger partial charge in [-0.3, -0.25) is 0 Å². The van der Waals surface area contributed by atoms with Gasteiger partial charge in [-0.1, -0.05) is 23.7 Å². The van der Waals surface area contributed by atoms with E-state index in [0.29, 0.717) is 17.4 Å². The summed E-state index contributed by atoms with van der Waals surface area (Å²) in [6.45, 7) is 4.05. The lowest BCUT2D eigenvalue weighted by Crippen LogP contribution is -2.38. The van der Waals surface area contributed by atoms with E-state index in [-0.39, 0.29) is 0 Å². The van der Waals surface area contributed by atoms with Crippen LogP contribution in [0, 0.1) is 0 Å². The largest absolute Gasteiger partial charge is 0.508 e. The molecule has 0 amide bonds. The second-order valence-corrected chi connectivity index (χ2v) is 7.16. The van der Waals surface area contributed by atoms with Gasteiger partial charge in [-0.25, -0.2) is 9.98 Å². The number of guanidine groups is 1. The van der Waals surface area contributed by atoms with E-state index in [4.69, 9.17) is 16.6 Å². The van der Waals surface area contributed by atoms with Crippen molar-refractivity contribution in [2.24, 2.45) is 4.99 Å². The number of fused-ring (bicyclic) bond motifs is 1. The summed E-state index contributed by atoms with van der Waals surface area (Å²) in [5.41, 5.74) is 4.73. The number of hydrogen-bond donors (Lipinski definition) is 3. The number of halogens is 1. The molecule has 0 aliphatic heterocycles. The standard InChI is InChI=1S/C21H27ClN4O/c1-2-23-21(24-12-11-15-7-10-20(22)25-13-15)26-14-18-17-6-4-3-5-16(17)8-9-19(18)27/h7-10,13,27H,2-6,11-12,14H2,1H3,(H2,23,24,26). The van der Waals surface area contributed by atoms with Crippen molar-refractivity contribution < 1.29 is 5.11 Å². The maximum Gasteiger partial charge on any atom is 0.191 e. The first-order valence-electron chi connectivity index (χ1n) is 9.62. The minimum Gasteiger partial charge on any atom is -0.508 e. The van der Waals surface area contributed by atoms with Gasteiger partial charge in [-0.2, -0.15) is 0 Å². The van der Waals surface area contributed by atoms with Gasteiger partial charge in [0.15, 0.2) is 5.96 Å². The first kappa shape index (κ1) is 19.5. The van der Waals surface area contributed by atoms with Crippen LogP contribution in [0.3, 0.4) is 0 Å². The van der Waals surface area contributed by atoms with E-state index in [1.54, 1.807) is 12.3 Å². The number of pyridine rings is 1. The van der Waals surface area contributed by atoms with Crippen molar-refractivity contribution >= 4 is 17.6 Å². The smallest absolute Gasteiger partial charge is 0.191 e. The van der Waals surface area contributed by atoms with Crippen molar-refractivity contribution in [2.75, 3.05) is 13.1 Å². The third-order valence-electron chi connectivity index (χ3n) is 4.86. The van der Waals surface area contributed by atoms with E-state index in [1.807, 2.05) is 19.1 Å². The number of phenols is 1. The van der Waals surface area contributed by atoms with E-state index >= 15 is 0 Å². The normalized spacial score (nSPS) is 13.9. The fraction of sp³-hybridized carbons (Fsp3) is 0.429. The molecule has 0 radical (unpaired) electrons. The Morgan fingerprint density at radius 2 is 2.04 bits per heavy atom. The fourth-order valence-corrected chi connectivity index (χ4v) is 3.56. The second-order valence-electron chi connectivity index (χ2n) is 6.77. The van der Waals surface area contributed by atoms with Gasteiger partial charge in [0.1, 0.15) is 10.9 Å². The quantitative estimate of drug-likeness (QED) is 0.403. The Labute approximate surface area is 165 Å². The van der Waals surface area contributed by atoms with Crippen molar-refractivity contribution in [3.8, 4) is 5.75 Å². The van der Waals surface area contributed by atoms with Crippen LogP contribution in [0.25, 0.3) is 0 Å². The highest BCUT2D eigenvalue weighted by atomic mass is 35.5. The van der Waals surface area contributed by atoms with Crippen molar-refractivity contribution in [3.05, 3.63) is 57.9 Å². The predicted octanol–water partition coefficient (Wildman–Crippen LogP) is 3.62. The van der Waals surface area contributed by atoms with Gasteiger partial charge in [0.2, 0.25) is 0 Å². The maximum atomic E-state index is 10.3. The lowest BCUT2D eigenvalue weighted by Gasteiger charge is -2.20. The van der Waals surface area contributed by atoms with Crippen LogP contribution in [-0.2, 0) is 25.8 Å². The molecule has 0 fully saturated rings. The van der Waals surface area contributed by atoms with Crippen molar-refractivity contribution in [1.29, 1.82) is 0 Å². The summed E-state index contributed by atoms with van der Waals surface area (Å²) in [5.74, 6) is 1.11. The summed E-state index contributed by atoms with van der Waals surface area (Å²) in [6.07, 6.45) is 7.16. The molecule has 1 aromatic heterocycles. The number of benzene rings is 1. The van der Waals surface area contributed by atoms with Gasteiger partial charge in [0.05, 0.1) is 6.54 Å². The molecule has 144 valence electrons. The molecule has 3 rings (SSSR count). The number of rotatable bonds is 6. The number of aryl methyl sites for hydroxylation is 1. The molecule has 0 saturated heterocycles. The van der Waals surface area contributed by atoms with Crippen molar-refractivity contribution in [3.63, 3.8) is 0 Å². The Kier molecular flexibility index (Phi) is 6.93. The number of phenolic OH excluding ortho intramolecular Hbond substituents is 1. The molecule has 1 aromatic carbocycles. The van der Waals surface area contributed by atoms with E-state index in [2.05, 4.69) is 21.7 Å². The molecule has 2 aromatic rings. The second kappa shape index (κ2) is 9.60. The van der Waals surface area contributed by atoms with Crippen LogP contribution in [0.4, 0.5) is 0 Å². The molecule has 1 aliphatic rings. The van der Waals surface area contributed by atoms with Crippen LogP contribution in [-0.4, -0.2) is 29.1 Å². The third kappa shape index (κ3) is 5.36. The Morgan fingerprint density at radius 3 is 2.81 bits per heavy atom. The average molecular weight is 387 g/mol. The predicted molar refractivity (Wildman–Crippen MR) is 111 cm³/mol. The highest BCUT2D eigenvalue weighted by molar-refractivity contribution is 6.29. The van der Waals surface area contributed by atoms with Gasteiger partial charge >= 0.3 is 0 Å². The van der Waals surface area contributed by atoms with E-state index < -0.39 is 0 Å². The molecular formula is C21H27ClN4O. The summed E-state index contributed by atoms with van der Waals surface area (Å²) in [7, 11) is 0. The average Bonchev–Trinajstić information content (AvgIpc) is 2.68. The topological polar surface area (TPSA) is 69.5 Å². The first-order valence-corrected chi connectivity index (χ1v) is 10.0. The summed E-state index contributed by atoms with van der Waals surface area (Å²) in [5, 5.41) is 17.5. The lowest BCUT2D eigenvalue weighted by atomic mass is 9.88. The minimum atomic E-state index is 0.350. The third-order valence-corrected chi connectivity index (χ3v) is 5.08. The summed E-state index contributed by atoms with van der Waals surface area (Å²) < 4.78 is 0. The van der Waals surface area contributed by atoms with E-state index in [9.17, 15) is 5.11 Å². The van der Waals surface area contributed by atoms with Gasteiger partial charge in [-0.05, 0) is 67.9 Å². The van der Waals surface area contributed by atoms with Crippen molar-refractivity contribution in [1.82, 2.24) is 15.6 Å². The molecular weight excluding hydrogens is 360 g/mol. The minimum absolute atomic E-state index is 0.350. The first-order chi connectivity index (χ1) is 13.2. The molecule has 5 nitrogen and oxygen atoms in total. The zero-order chi connectivity index (χ0) is 19.1. The van der Waals surface area contributed by atoms with Gasteiger partial charge in [-0.15, -0.1) is 0 Å². The van der Waals surface area contributed by atoms with E-state index in [0.717, 1.165) is 49.4 Å². The molecule has 0 atom stereocenters. The molecule has 0 bridgehead atoms. The molecule has 0 saturated carbocycles. The highest BCUT2D eigenvalue weighted by Crippen LogP contribution is 2.31. The molecule has 1 heterocycles. The maximum absolute atomic E-state index is 10.3. The summed E-state index contributed by atoms with van der Waals surface area (Å²) >= 11 is 5.82. The van der Waals surface area contributed by atoms with Gasteiger partial charge in [0.25, 0.3) is 0 Å². The highest BCUT2D eigenvalue weighted by Gasteiger charge is 2.16. The summed E-state index contributed by atoms with van der Waals surface area (Å²) in [4.78, 5) is 8.80. The van der Waals surface area contributed by atoms with Gasteiger partial charge in [0, 0.05) is 24.8 Å². The number of aromatic hydroxyl groups is 1. The Hall–Kier alpha value is -2.27. The number of aromatic nitrogens is 1. The van der Waals surface area contributed by atoms with Crippen LogP contribution in [0.5, 0.6) is 5.75 Å². The molecule has 0 unspecified atom stereocenters. The number of hydrogen-bond acceptors (Lipinski definition) is 3. The number of aliphatic imine (C=N–C) groups is 1. The monoisotopic (exact) mass is 386 g/mol. The van der Waals surface area contributed by atoms with Crippen LogP contribution in [0.1, 0.15) is 42.0 Å². The fourth-order valence-electron chi connectivity index (χ4n) is 3.45. The van der Waals surface area contributed by atoms with Crippen molar-refractivity contribution in [2.45, 2.75) is 45.6 Å². The zero-order valence-electron chi connectivity index (χ0n) is 15.8. The molecule has 6 heteroatoms. The SMILES string of the molecule is CCNC(=NCc1c(O)ccc2c1CCCC2)NCCc1ccc(Cl)nc1. The Morgan fingerprint density at radius 1 is 1.19 bits per heavy atom. The Balaban J connectivity index is 1.64. The van der Waals surface area contributed by atoms with Crippen LogP contribution >= 0.6 is 11.6 Å². The molecule has 1 aliphatic carbocycles. The lowest BCUT2D eigenvalue weighted by molar-refractivity contribution is 0.465. The Bertz CT molecular complexity index is 790. The van der Waals surface area contributed by atoms with Crippen LogP contribution in [0.15, 0.2) is 35.5 Å². The van der Waals surface area contributed by atoms with Gasteiger partial charge < -0.3 is 15.7 Å². The molecule has 3 N–H and O–H groups in total. The molecule has 27 heavy (non-hydrogen) atoms. The van der Waals surface area contributed by atoms with Crippen LogP contribution < -0.4 is 10.6 Å². The zero-order valence-corrected chi connectivity index (χ0v) is 16.5.